The minimum absolute atomic E-state index is 0.0391. The molecule has 2 radical (unpaired) electrons. The second-order valence-electron chi connectivity index (χ2n) is 22.0. The topological polar surface area (TPSA) is 26.3 Å². The summed E-state index contributed by atoms with van der Waals surface area (Å²) in [5, 5.41) is 0. The van der Waals surface area contributed by atoms with E-state index in [0.29, 0.717) is 0 Å². The van der Waals surface area contributed by atoms with E-state index in [9.17, 15) is 0 Å². The second kappa shape index (κ2) is 15.5. The number of fused-ring (bicyclic) bond motifs is 2. The molecule has 6 aromatic rings. The van der Waals surface area contributed by atoms with Crippen LogP contribution in [0.4, 0.5) is 0 Å². The molecule has 2 aliphatic rings. The predicted octanol–water partition coefficient (Wildman–Crippen LogP) is 16.5. The molecule has 2 atom stereocenters. The van der Waals surface area contributed by atoms with Crippen molar-refractivity contribution >= 4 is 32.8 Å². The molecule has 2 heterocycles. The number of rotatable bonds is 8. The predicted molar refractivity (Wildman–Crippen MR) is 262 cm³/mol. The summed E-state index contributed by atoms with van der Waals surface area (Å²) in [5.74, 6) is 4.36. The van der Waals surface area contributed by atoms with E-state index in [0.717, 1.165) is 44.6 Å². The summed E-state index contributed by atoms with van der Waals surface area (Å²) in [6.45, 7) is 32.0. The summed E-state index contributed by atoms with van der Waals surface area (Å²) in [4.78, 5) is 0. The molecule has 0 amide bonds. The van der Waals surface area contributed by atoms with Crippen molar-refractivity contribution < 1.29 is 8.83 Å². The van der Waals surface area contributed by atoms with Crippen LogP contribution in [-0.4, -0.2) is 9.52 Å². The van der Waals surface area contributed by atoms with E-state index in [4.69, 9.17) is 8.83 Å². The van der Waals surface area contributed by atoms with Crippen LogP contribution in [0.15, 0.2) is 106 Å². The molecule has 2 unspecified atom stereocenters. The molecule has 2 aliphatic carbocycles. The van der Waals surface area contributed by atoms with E-state index >= 15 is 0 Å². The Balaban J connectivity index is 1.17. The van der Waals surface area contributed by atoms with Crippen molar-refractivity contribution in [2.24, 2.45) is 0 Å². The van der Waals surface area contributed by atoms with Gasteiger partial charge >= 0.3 is 0 Å². The zero-order valence-corrected chi connectivity index (χ0v) is 40.3. The lowest BCUT2D eigenvalue weighted by molar-refractivity contribution is 0.518. The lowest BCUT2D eigenvalue weighted by atomic mass is 9.78. The first-order valence-corrected chi connectivity index (χ1v) is 23.8. The molecule has 0 saturated heterocycles. The Kier molecular flexibility index (Phi) is 10.9. The zero-order chi connectivity index (χ0) is 43.8. The van der Waals surface area contributed by atoms with Crippen LogP contribution in [0.25, 0.3) is 45.6 Å². The first kappa shape index (κ1) is 42.8. The summed E-state index contributed by atoms with van der Waals surface area (Å²) in [6, 6.07) is 39.2. The molecule has 0 saturated carbocycles. The Labute approximate surface area is 369 Å². The summed E-state index contributed by atoms with van der Waals surface area (Å²) in [7, 11) is 0.723. The zero-order valence-electron chi connectivity index (χ0n) is 39.3. The normalized spacial score (nSPS) is 16.8. The van der Waals surface area contributed by atoms with Gasteiger partial charge in [0.05, 0.1) is 0 Å². The monoisotopic (exact) mass is 822 g/mol. The van der Waals surface area contributed by atoms with E-state index in [2.05, 4.69) is 206 Å². The molecule has 0 N–H and O–H groups in total. The minimum Gasteiger partial charge on any atom is -0.462 e. The standard InChI is InChI=1S/C58H66O2Si/c1-35-21-23-53(59-35)49-31-47-43(37-25-39(55(3,4)5)29-40(26-37)56(6,7)8)17-15-19-45(47)51(49)33-61-34-52-46-20-16-18-44(48(46)32-50(52)54-24-22-36(2)60-54)38-27-41(57(9,10)11)30-42(28-38)58(12,13)14/h15-32,51-52H,33-34H2,1-14H3. The summed E-state index contributed by atoms with van der Waals surface area (Å²) < 4.78 is 12.9. The fourth-order valence-electron chi connectivity index (χ4n) is 9.22. The van der Waals surface area contributed by atoms with Crippen LogP contribution in [0.1, 0.15) is 162 Å². The molecule has 2 aromatic heterocycles. The third kappa shape index (κ3) is 8.52. The number of furan rings is 2. The highest BCUT2D eigenvalue weighted by Gasteiger charge is 2.34. The molecule has 0 fully saturated rings. The first-order valence-electron chi connectivity index (χ1n) is 22.4. The third-order valence-corrected chi connectivity index (χ3v) is 14.5. The first-order chi connectivity index (χ1) is 28.6. The van der Waals surface area contributed by atoms with Gasteiger partial charge in [0, 0.05) is 32.5 Å². The van der Waals surface area contributed by atoms with E-state index in [1.165, 1.54) is 77.9 Å². The molecule has 61 heavy (non-hydrogen) atoms. The Bertz CT molecular complexity index is 2430. The smallest absolute Gasteiger partial charge is 0.130 e. The largest absolute Gasteiger partial charge is 0.462 e. The molecule has 3 heteroatoms. The van der Waals surface area contributed by atoms with Crippen LogP contribution in [0, 0.1) is 13.8 Å². The molecule has 0 bridgehead atoms. The van der Waals surface area contributed by atoms with Crippen molar-refractivity contribution in [3.63, 3.8) is 0 Å². The van der Waals surface area contributed by atoms with Crippen molar-refractivity contribution in [2.45, 2.75) is 143 Å². The summed E-state index contributed by atoms with van der Waals surface area (Å²) in [6.07, 6.45) is 4.90. The van der Waals surface area contributed by atoms with Crippen molar-refractivity contribution in [3.05, 3.63) is 165 Å². The van der Waals surface area contributed by atoms with Crippen LogP contribution in [0.2, 0.25) is 12.1 Å². The average Bonchev–Trinajstić information content (AvgIpc) is 3.98. The Morgan fingerprint density at radius 1 is 0.443 bits per heavy atom. The number of hydrogen-bond donors (Lipinski definition) is 0. The SMILES string of the molecule is Cc1ccc(C2=Cc3c(-c4cc(C(C)(C)C)cc(C(C)(C)C)c4)cccc3C2C[Si]CC2C(c3ccc(C)o3)=Cc3c(-c4cc(C(C)(C)C)cc(C(C)(C)C)c4)cccc32)o1. The van der Waals surface area contributed by atoms with Crippen LogP contribution in [0.3, 0.4) is 0 Å². The molecule has 2 nitrogen and oxygen atoms in total. The van der Waals surface area contributed by atoms with Gasteiger partial charge in [-0.3, -0.25) is 0 Å². The van der Waals surface area contributed by atoms with E-state index in [1.54, 1.807) is 0 Å². The lowest BCUT2D eigenvalue weighted by Gasteiger charge is -2.27. The van der Waals surface area contributed by atoms with Crippen molar-refractivity contribution in [1.82, 2.24) is 0 Å². The van der Waals surface area contributed by atoms with Gasteiger partial charge < -0.3 is 8.83 Å². The van der Waals surface area contributed by atoms with Crippen molar-refractivity contribution in [1.29, 1.82) is 0 Å². The molecular weight excluding hydrogens is 757 g/mol. The fourth-order valence-corrected chi connectivity index (χ4v) is 10.8. The highest BCUT2D eigenvalue weighted by atomic mass is 28.2. The maximum atomic E-state index is 6.43. The van der Waals surface area contributed by atoms with Crippen LogP contribution in [-0.2, 0) is 21.7 Å². The second-order valence-corrected chi connectivity index (χ2v) is 23.3. The molecular formula is C58H66O2Si. The number of benzene rings is 4. The van der Waals surface area contributed by atoms with Gasteiger partial charge in [-0.05, 0) is 151 Å². The van der Waals surface area contributed by atoms with Gasteiger partial charge in [-0.15, -0.1) is 0 Å². The number of allylic oxidation sites excluding steroid dienone is 2. The summed E-state index contributed by atoms with van der Waals surface area (Å²) >= 11 is 0. The molecule has 4 aromatic carbocycles. The van der Waals surface area contributed by atoms with Crippen LogP contribution >= 0.6 is 0 Å². The van der Waals surface area contributed by atoms with E-state index < -0.39 is 0 Å². The molecule has 0 spiro atoms. The van der Waals surface area contributed by atoms with E-state index in [-0.39, 0.29) is 33.5 Å². The van der Waals surface area contributed by atoms with Gasteiger partial charge in [0.1, 0.15) is 23.0 Å². The maximum absolute atomic E-state index is 6.43. The van der Waals surface area contributed by atoms with Gasteiger partial charge in [-0.2, -0.15) is 0 Å². The number of aryl methyl sites for hydroxylation is 2. The highest BCUT2D eigenvalue weighted by molar-refractivity contribution is 6.37. The Hall–Kier alpha value is -4.86. The molecule has 0 aliphatic heterocycles. The van der Waals surface area contributed by atoms with Crippen molar-refractivity contribution in [2.75, 3.05) is 0 Å². The lowest BCUT2D eigenvalue weighted by Crippen LogP contribution is -2.16. The van der Waals surface area contributed by atoms with Gasteiger partial charge in [0.2, 0.25) is 0 Å². The highest BCUT2D eigenvalue weighted by Crippen LogP contribution is 2.51. The van der Waals surface area contributed by atoms with Gasteiger partial charge in [-0.25, -0.2) is 0 Å². The van der Waals surface area contributed by atoms with Gasteiger partial charge in [0.15, 0.2) is 0 Å². The van der Waals surface area contributed by atoms with Crippen LogP contribution < -0.4 is 0 Å². The minimum atomic E-state index is 0.0391. The molecule has 8 rings (SSSR count). The number of hydrogen-bond acceptors (Lipinski definition) is 2. The molecule has 314 valence electrons. The van der Waals surface area contributed by atoms with Gasteiger partial charge in [-0.1, -0.05) is 156 Å². The average molecular weight is 823 g/mol. The Morgan fingerprint density at radius 2 is 0.787 bits per heavy atom. The van der Waals surface area contributed by atoms with Crippen molar-refractivity contribution in [3.8, 4) is 22.3 Å². The fraction of sp³-hybridized carbons (Fsp3) is 0.379. The summed E-state index contributed by atoms with van der Waals surface area (Å²) in [5.41, 5.74) is 19.0. The Morgan fingerprint density at radius 3 is 1.08 bits per heavy atom. The van der Waals surface area contributed by atoms with E-state index in [1.807, 2.05) is 0 Å². The van der Waals surface area contributed by atoms with Crippen LogP contribution in [0.5, 0.6) is 0 Å². The quantitative estimate of drug-likeness (QED) is 0.143. The maximum Gasteiger partial charge on any atom is 0.130 e. The third-order valence-electron chi connectivity index (χ3n) is 13.1. The van der Waals surface area contributed by atoms with Gasteiger partial charge in [0.25, 0.3) is 0 Å².